The molecule has 0 spiro atoms. The van der Waals surface area contributed by atoms with Crippen LogP contribution in [0.2, 0.25) is 10.0 Å². The fraction of sp³-hybridized carbons (Fsp3) is 0.250. The molecule has 6 rings (SSSR count). The Hall–Kier alpha value is -4.22. The highest BCUT2D eigenvalue weighted by Crippen LogP contribution is 2.42. The maximum atomic E-state index is 9.46. The monoisotopic (exact) mass is 632 g/mol. The number of amidine groups is 2. The van der Waals surface area contributed by atoms with Crippen LogP contribution >= 0.6 is 23.2 Å². The van der Waals surface area contributed by atoms with E-state index in [-0.39, 0.29) is 25.3 Å². The van der Waals surface area contributed by atoms with E-state index >= 15 is 0 Å². The summed E-state index contributed by atoms with van der Waals surface area (Å²) in [6.45, 7) is 0.935. The number of aliphatic hydroxyl groups excluding tert-OH is 2. The molecule has 2 aromatic carbocycles. The highest BCUT2D eigenvalue weighted by atomic mass is 35.5. The maximum absolute atomic E-state index is 9.46. The molecule has 0 saturated carbocycles. The Morgan fingerprint density at radius 2 is 1.05 bits per heavy atom. The van der Waals surface area contributed by atoms with E-state index in [0.29, 0.717) is 80.2 Å². The SMILES string of the molecule is COc1nc(-c2cccc(-c3cccc(-c4ccc(C5=NC[C@@H](CO)N5)c(OC)n4)c3Cl)c2Cl)ccc1C1=NC[C@@H](CO)N1. The first-order valence-electron chi connectivity index (χ1n) is 14.0. The molecule has 2 aliphatic heterocycles. The Balaban J connectivity index is 1.34. The molecule has 4 heterocycles. The van der Waals surface area contributed by atoms with Gasteiger partial charge in [0.05, 0.1) is 85.2 Å². The van der Waals surface area contributed by atoms with E-state index in [0.717, 1.165) is 11.1 Å². The normalized spacial score (nSPS) is 17.5. The first kappa shape index (κ1) is 29.8. The van der Waals surface area contributed by atoms with Gasteiger partial charge in [0.2, 0.25) is 11.8 Å². The van der Waals surface area contributed by atoms with Gasteiger partial charge < -0.3 is 30.3 Å². The molecule has 0 aliphatic carbocycles. The third-order valence-corrected chi connectivity index (χ3v) is 8.33. The van der Waals surface area contributed by atoms with E-state index in [2.05, 4.69) is 20.6 Å². The summed E-state index contributed by atoms with van der Waals surface area (Å²) >= 11 is 14.1. The molecule has 10 nitrogen and oxygen atoms in total. The molecule has 0 saturated heterocycles. The van der Waals surface area contributed by atoms with Gasteiger partial charge in [0.25, 0.3) is 0 Å². The minimum absolute atomic E-state index is 0.0130. The maximum Gasteiger partial charge on any atom is 0.224 e. The lowest BCUT2D eigenvalue weighted by atomic mass is 9.98. The Kier molecular flexibility index (Phi) is 8.67. The average Bonchev–Trinajstić information content (AvgIpc) is 3.75. The fourth-order valence-corrected chi connectivity index (χ4v) is 5.88. The Bertz CT molecular complexity index is 1650. The van der Waals surface area contributed by atoms with Gasteiger partial charge in [-0.1, -0.05) is 59.6 Å². The average molecular weight is 634 g/mol. The Morgan fingerprint density at radius 3 is 1.41 bits per heavy atom. The minimum atomic E-state index is -0.131. The molecule has 44 heavy (non-hydrogen) atoms. The molecule has 0 fully saturated rings. The first-order chi connectivity index (χ1) is 21.4. The van der Waals surface area contributed by atoms with Gasteiger partial charge in [-0.25, -0.2) is 9.97 Å². The zero-order valence-electron chi connectivity index (χ0n) is 24.0. The smallest absolute Gasteiger partial charge is 0.224 e. The third-order valence-electron chi connectivity index (χ3n) is 7.52. The Morgan fingerprint density at radius 1 is 0.636 bits per heavy atom. The number of halogens is 2. The molecule has 2 atom stereocenters. The van der Waals surface area contributed by atoms with Crippen molar-refractivity contribution in [3.05, 3.63) is 81.8 Å². The van der Waals surface area contributed by atoms with Gasteiger partial charge in [-0.15, -0.1) is 0 Å². The van der Waals surface area contributed by atoms with Crippen molar-refractivity contribution >= 4 is 34.9 Å². The molecule has 2 aromatic heterocycles. The summed E-state index contributed by atoms with van der Waals surface area (Å²) in [6.07, 6.45) is 0. The van der Waals surface area contributed by atoms with Crippen LogP contribution in [-0.2, 0) is 0 Å². The number of hydrogen-bond acceptors (Lipinski definition) is 10. The van der Waals surface area contributed by atoms with Gasteiger partial charge in [0, 0.05) is 22.3 Å². The van der Waals surface area contributed by atoms with Crippen molar-refractivity contribution in [2.24, 2.45) is 9.98 Å². The second kappa shape index (κ2) is 12.8. The number of rotatable bonds is 9. The number of aliphatic imine (C=N–C) groups is 2. The van der Waals surface area contributed by atoms with Gasteiger partial charge in [-0.3, -0.25) is 9.98 Å². The van der Waals surface area contributed by atoms with Gasteiger partial charge in [-0.2, -0.15) is 0 Å². The summed E-state index contributed by atoms with van der Waals surface area (Å²) in [5, 5.41) is 26.3. The van der Waals surface area contributed by atoms with Crippen molar-refractivity contribution in [3.8, 4) is 45.4 Å². The number of ether oxygens (including phenoxy) is 2. The standard InChI is InChI=1S/C32H30Cl2N6O4/c1-43-31-23(29-35-13-17(15-41)37-29)9-11-25(39-31)21-7-3-5-19(27(21)33)20-6-4-8-22(28(20)34)26-12-10-24(32(40-26)44-2)30-36-14-18(16-42)38-30/h3-12,17-18,41-42H,13-16H2,1-2H3,(H,35,37)(H,36,38)/t17-,18-/m0/s1. The lowest BCUT2D eigenvalue weighted by Crippen LogP contribution is -2.33. The van der Waals surface area contributed by atoms with Crippen molar-refractivity contribution in [1.29, 1.82) is 0 Å². The van der Waals surface area contributed by atoms with Gasteiger partial charge in [0.15, 0.2) is 0 Å². The number of pyridine rings is 2. The Labute approximate surface area is 264 Å². The van der Waals surface area contributed by atoms with E-state index in [1.807, 2.05) is 60.7 Å². The molecule has 0 radical (unpaired) electrons. The van der Waals surface area contributed by atoms with Crippen LogP contribution in [0.1, 0.15) is 11.1 Å². The molecule has 4 aromatic rings. The second-order valence-corrected chi connectivity index (χ2v) is 11.0. The minimum Gasteiger partial charge on any atom is -0.480 e. The van der Waals surface area contributed by atoms with E-state index < -0.39 is 0 Å². The van der Waals surface area contributed by atoms with Crippen LogP contribution in [0.5, 0.6) is 11.8 Å². The van der Waals surface area contributed by atoms with Crippen LogP contribution in [0.4, 0.5) is 0 Å². The molecule has 0 bridgehead atoms. The highest BCUT2D eigenvalue weighted by molar-refractivity contribution is 6.39. The van der Waals surface area contributed by atoms with Crippen LogP contribution < -0.4 is 20.1 Å². The number of aliphatic hydroxyl groups is 2. The fourth-order valence-electron chi connectivity index (χ4n) is 5.23. The largest absolute Gasteiger partial charge is 0.480 e. The molecule has 12 heteroatoms. The van der Waals surface area contributed by atoms with E-state index in [1.54, 1.807) is 14.2 Å². The molecule has 226 valence electrons. The van der Waals surface area contributed by atoms with Gasteiger partial charge in [-0.05, 0) is 24.3 Å². The zero-order valence-corrected chi connectivity index (χ0v) is 25.5. The predicted octanol–water partition coefficient (Wildman–Crippen LogP) is 4.22. The highest BCUT2D eigenvalue weighted by Gasteiger charge is 2.24. The second-order valence-electron chi connectivity index (χ2n) is 10.3. The number of hydrogen-bond donors (Lipinski definition) is 4. The molecular formula is C32H30Cl2N6O4. The van der Waals surface area contributed by atoms with Crippen LogP contribution in [0.15, 0.2) is 70.6 Å². The third kappa shape index (κ3) is 5.57. The van der Waals surface area contributed by atoms with Crippen molar-refractivity contribution in [3.63, 3.8) is 0 Å². The molecule has 0 amide bonds. The lowest BCUT2D eigenvalue weighted by molar-refractivity contribution is 0.263. The number of nitrogens with one attached hydrogen (secondary N) is 2. The van der Waals surface area contributed by atoms with Crippen LogP contribution in [0.25, 0.3) is 33.6 Å². The number of aromatic nitrogens is 2. The van der Waals surface area contributed by atoms with Gasteiger partial charge >= 0.3 is 0 Å². The molecule has 2 aliphatic rings. The number of benzene rings is 2. The predicted molar refractivity (Wildman–Crippen MR) is 172 cm³/mol. The first-order valence-corrected chi connectivity index (χ1v) is 14.7. The van der Waals surface area contributed by atoms with Crippen LogP contribution in [0, 0.1) is 0 Å². The molecule has 0 unspecified atom stereocenters. The topological polar surface area (TPSA) is 133 Å². The zero-order chi connectivity index (χ0) is 30.8. The molecule has 4 N–H and O–H groups in total. The van der Waals surface area contributed by atoms with Crippen LogP contribution in [0.3, 0.4) is 0 Å². The van der Waals surface area contributed by atoms with Crippen molar-refractivity contribution in [1.82, 2.24) is 20.6 Å². The summed E-state index contributed by atoms with van der Waals surface area (Å²) in [7, 11) is 3.11. The van der Waals surface area contributed by atoms with Gasteiger partial charge in [0.1, 0.15) is 11.7 Å². The number of nitrogens with zero attached hydrogens (tertiary/aromatic N) is 4. The summed E-state index contributed by atoms with van der Waals surface area (Å²) in [4.78, 5) is 18.4. The van der Waals surface area contributed by atoms with Crippen molar-refractivity contribution < 1.29 is 19.7 Å². The van der Waals surface area contributed by atoms with E-state index in [9.17, 15) is 10.2 Å². The summed E-state index contributed by atoms with van der Waals surface area (Å²) < 4.78 is 11.2. The summed E-state index contributed by atoms with van der Waals surface area (Å²) in [5.74, 6) is 2.04. The molecular weight excluding hydrogens is 603 g/mol. The summed E-state index contributed by atoms with van der Waals surface area (Å²) in [5.41, 5.74) is 5.53. The number of methoxy groups -OCH3 is 2. The lowest BCUT2D eigenvalue weighted by Gasteiger charge is -2.16. The van der Waals surface area contributed by atoms with Crippen molar-refractivity contribution in [2.75, 3.05) is 40.5 Å². The van der Waals surface area contributed by atoms with Crippen LogP contribution in [-0.4, -0.2) is 84.5 Å². The van der Waals surface area contributed by atoms with E-state index in [4.69, 9.17) is 42.6 Å². The summed E-state index contributed by atoms with van der Waals surface area (Å²) in [6, 6.07) is 18.6. The quantitative estimate of drug-likeness (QED) is 0.215. The van der Waals surface area contributed by atoms with E-state index in [1.165, 1.54) is 0 Å². The van der Waals surface area contributed by atoms with Crippen molar-refractivity contribution in [2.45, 2.75) is 12.1 Å².